The summed E-state index contributed by atoms with van der Waals surface area (Å²) in [4.78, 5) is 51.9. The number of rotatable bonds is 6. The lowest BCUT2D eigenvalue weighted by molar-refractivity contribution is -0.396. The van der Waals surface area contributed by atoms with Crippen LogP contribution in [0.3, 0.4) is 0 Å². The zero-order chi connectivity index (χ0) is 21.5. The summed E-state index contributed by atoms with van der Waals surface area (Å²) in [6.45, 7) is 3.73. The van der Waals surface area contributed by atoms with E-state index in [2.05, 4.69) is 18.8 Å². The molecule has 0 aliphatic carbocycles. The minimum Gasteiger partial charge on any atom is -0.390 e. The Kier molecular flexibility index (Phi) is 5.19. The number of aryl methyl sites for hydroxylation is 1. The molecule has 0 saturated carbocycles. The first-order valence-electron chi connectivity index (χ1n) is 9.11. The minimum absolute atomic E-state index is 0.0608. The Morgan fingerprint density at radius 3 is 2.34 bits per heavy atom. The van der Waals surface area contributed by atoms with Crippen molar-refractivity contribution < 1.29 is 9.72 Å². The molecule has 0 amide bonds. The Hall–Kier alpha value is -3.56. The van der Waals surface area contributed by atoms with Crippen molar-refractivity contribution >= 4 is 22.9 Å². The van der Waals surface area contributed by atoms with E-state index in [-0.39, 0.29) is 11.2 Å². The molecule has 0 aliphatic heterocycles. The van der Waals surface area contributed by atoms with Crippen LogP contribution >= 0.6 is 0 Å². The van der Waals surface area contributed by atoms with Crippen LogP contribution in [0.2, 0.25) is 0 Å². The van der Waals surface area contributed by atoms with Crippen LogP contribution in [-0.4, -0.2) is 29.4 Å². The van der Waals surface area contributed by atoms with E-state index in [1.165, 1.54) is 14.1 Å². The minimum atomic E-state index is -0.775. The Balaban J connectivity index is 2.11. The molecule has 0 radical (unpaired) electrons. The fourth-order valence-electron chi connectivity index (χ4n) is 3.23. The third-order valence-corrected chi connectivity index (χ3v) is 5.20. The molecule has 0 N–H and O–H groups in total. The molecule has 0 unspecified atom stereocenters. The SMILES string of the molecule is CC[C@@H](C)c1ccc(C(=O)Cn2c([N+](=O)[O-])nc3c(=O)n(C)c(=O)n(C)c32)cc1. The highest BCUT2D eigenvalue weighted by molar-refractivity contribution is 5.96. The van der Waals surface area contributed by atoms with Crippen LogP contribution in [0.15, 0.2) is 33.9 Å². The maximum absolute atomic E-state index is 12.8. The monoisotopic (exact) mass is 399 g/mol. The summed E-state index contributed by atoms with van der Waals surface area (Å²) >= 11 is 0. The lowest BCUT2D eigenvalue weighted by Crippen LogP contribution is -2.37. The molecule has 3 rings (SSSR count). The zero-order valence-corrected chi connectivity index (χ0v) is 16.6. The van der Waals surface area contributed by atoms with Crippen LogP contribution in [0.4, 0.5) is 5.95 Å². The fourth-order valence-corrected chi connectivity index (χ4v) is 3.23. The molecule has 1 atom stereocenters. The first-order valence-corrected chi connectivity index (χ1v) is 9.11. The van der Waals surface area contributed by atoms with Crippen molar-refractivity contribution in [1.82, 2.24) is 18.7 Å². The normalized spacial score (nSPS) is 12.3. The summed E-state index contributed by atoms with van der Waals surface area (Å²) in [5.74, 6) is -0.706. The van der Waals surface area contributed by atoms with Gasteiger partial charge in [0, 0.05) is 19.7 Å². The van der Waals surface area contributed by atoms with Crippen LogP contribution in [0.1, 0.15) is 42.1 Å². The number of benzene rings is 1. The topological polar surface area (TPSA) is 122 Å². The van der Waals surface area contributed by atoms with E-state index in [1.807, 2.05) is 12.1 Å². The highest BCUT2D eigenvalue weighted by Crippen LogP contribution is 2.21. The molecule has 0 bridgehead atoms. The van der Waals surface area contributed by atoms with Crippen molar-refractivity contribution in [2.24, 2.45) is 14.1 Å². The van der Waals surface area contributed by atoms with Crippen molar-refractivity contribution in [3.05, 3.63) is 66.3 Å². The van der Waals surface area contributed by atoms with Crippen LogP contribution in [0.5, 0.6) is 0 Å². The second-order valence-electron chi connectivity index (χ2n) is 6.99. The van der Waals surface area contributed by atoms with E-state index in [0.29, 0.717) is 11.5 Å². The van der Waals surface area contributed by atoms with Gasteiger partial charge in [-0.1, -0.05) is 43.1 Å². The first-order chi connectivity index (χ1) is 13.7. The number of nitro groups is 1. The van der Waals surface area contributed by atoms with Gasteiger partial charge in [-0.05, 0) is 22.8 Å². The van der Waals surface area contributed by atoms with Crippen LogP contribution < -0.4 is 11.2 Å². The average molecular weight is 399 g/mol. The standard InChI is InChI=1S/C19H21N5O5/c1-5-11(2)12-6-8-13(9-7-12)14(25)10-23-16-15(20-18(23)24(28)29)17(26)22(4)19(27)21(16)3/h6-9,11H,5,10H2,1-4H3/t11-/m1/s1. The number of carbonyl (C=O) groups excluding carboxylic acids is 1. The van der Waals surface area contributed by atoms with Crippen LogP contribution in [0, 0.1) is 10.1 Å². The van der Waals surface area contributed by atoms with Crippen LogP contribution in [-0.2, 0) is 20.6 Å². The summed E-state index contributed by atoms with van der Waals surface area (Å²) in [7, 11) is 2.64. The number of carbonyl (C=O) groups is 1. The van der Waals surface area contributed by atoms with Gasteiger partial charge in [-0.25, -0.2) is 4.79 Å². The van der Waals surface area contributed by atoms with Gasteiger partial charge in [0.05, 0.1) is 0 Å². The molecule has 10 heteroatoms. The Morgan fingerprint density at radius 2 is 1.79 bits per heavy atom. The van der Waals surface area contributed by atoms with E-state index in [0.717, 1.165) is 25.7 Å². The van der Waals surface area contributed by atoms with Gasteiger partial charge in [0.1, 0.15) is 6.54 Å². The predicted octanol–water partition coefficient (Wildman–Crippen LogP) is 1.74. The van der Waals surface area contributed by atoms with Crippen molar-refractivity contribution in [2.45, 2.75) is 32.7 Å². The molecule has 3 aromatic rings. The summed E-state index contributed by atoms with van der Waals surface area (Å²) in [5, 5.41) is 11.5. The molecule has 1 aromatic carbocycles. The lowest BCUT2D eigenvalue weighted by atomic mass is 9.97. The molecule has 29 heavy (non-hydrogen) atoms. The van der Waals surface area contributed by atoms with Crippen molar-refractivity contribution in [3.8, 4) is 0 Å². The number of hydrogen-bond donors (Lipinski definition) is 0. The predicted molar refractivity (Wildman–Crippen MR) is 106 cm³/mol. The summed E-state index contributed by atoms with van der Waals surface area (Å²) in [6, 6.07) is 7.06. The zero-order valence-electron chi connectivity index (χ0n) is 16.6. The van der Waals surface area contributed by atoms with Gasteiger partial charge in [-0.2, -0.15) is 4.57 Å². The summed E-state index contributed by atoms with van der Waals surface area (Å²) in [6.07, 6.45) is 0.962. The van der Waals surface area contributed by atoms with Gasteiger partial charge in [0.2, 0.25) is 5.65 Å². The van der Waals surface area contributed by atoms with Gasteiger partial charge in [0.25, 0.3) is 5.52 Å². The molecule has 10 nitrogen and oxygen atoms in total. The number of nitrogens with zero attached hydrogens (tertiary/aromatic N) is 5. The molecular weight excluding hydrogens is 378 g/mol. The van der Waals surface area contributed by atoms with Gasteiger partial charge < -0.3 is 10.1 Å². The van der Waals surface area contributed by atoms with E-state index in [9.17, 15) is 24.5 Å². The number of Topliss-reactive ketones (excluding diaryl/α,β-unsaturated/α-hetero) is 1. The van der Waals surface area contributed by atoms with Crippen molar-refractivity contribution in [1.29, 1.82) is 0 Å². The van der Waals surface area contributed by atoms with Gasteiger partial charge in [-0.15, -0.1) is 0 Å². The molecule has 152 valence electrons. The Bertz CT molecular complexity index is 1230. The van der Waals surface area contributed by atoms with Crippen molar-refractivity contribution in [3.63, 3.8) is 0 Å². The molecule has 0 fully saturated rings. The lowest BCUT2D eigenvalue weighted by Gasteiger charge is -2.09. The Morgan fingerprint density at radius 1 is 1.17 bits per heavy atom. The maximum Gasteiger partial charge on any atom is 0.437 e. The van der Waals surface area contributed by atoms with E-state index >= 15 is 0 Å². The van der Waals surface area contributed by atoms with Gasteiger partial charge in [-0.3, -0.25) is 18.7 Å². The van der Waals surface area contributed by atoms with E-state index in [1.54, 1.807) is 12.1 Å². The second kappa shape index (κ2) is 7.46. The first kappa shape index (κ1) is 20.2. The molecule has 0 saturated heterocycles. The summed E-state index contributed by atoms with van der Waals surface area (Å²) < 4.78 is 2.90. The highest BCUT2D eigenvalue weighted by Gasteiger charge is 2.29. The average Bonchev–Trinajstić information content (AvgIpc) is 3.09. The van der Waals surface area contributed by atoms with E-state index in [4.69, 9.17) is 0 Å². The third-order valence-electron chi connectivity index (χ3n) is 5.20. The molecule has 0 spiro atoms. The van der Waals surface area contributed by atoms with Crippen molar-refractivity contribution in [2.75, 3.05) is 0 Å². The third kappa shape index (κ3) is 3.37. The van der Waals surface area contributed by atoms with Gasteiger partial charge in [0.15, 0.2) is 5.78 Å². The molecule has 0 aliphatic rings. The maximum atomic E-state index is 12.8. The molecule has 2 aromatic heterocycles. The fraction of sp³-hybridized carbons (Fsp3) is 0.368. The van der Waals surface area contributed by atoms with Crippen LogP contribution in [0.25, 0.3) is 11.2 Å². The highest BCUT2D eigenvalue weighted by atomic mass is 16.6. The summed E-state index contributed by atoms with van der Waals surface area (Å²) in [5.41, 5.74) is -0.245. The number of imidazole rings is 1. The number of hydrogen-bond acceptors (Lipinski definition) is 6. The molecule has 2 heterocycles. The van der Waals surface area contributed by atoms with E-state index < -0.39 is 34.4 Å². The van der Waals surface area contributed by atoms with Gasteiger partial charge >= 0.3 is 17.2 Å². The molecular formula is C19H21N5O5. The Labute approximate surface area is 165 Å². The smallest absolute Gasteiger partial charge is 0.390 e. The quantitative estimate of drug-likeness (QED) is 0.353. The number of ketones is 1. The second-order valence-corrected chi connectivity index (χ2v) is 6.99. The number of fused-ring (bicyclic) bond motifs is 1. The number of aromatic nitrogens is 4. The largest absolute Gasteiger partial charge is 0.437 e.